The van der Waals surface area contributed by atoms with E-state index in [4.69, 9.17) is 9.47 Å². The smallest absolute Gasteiger partial charge is 0.412 e. The molecule has 0 spiro atoms. The predicted octanol–water partition coefficient (Wildman–Crippen LogP) is 3.94. The molecule has 128 valence electrons. The molecule has 0 unspecified atom stereocenters. The Balaban J connectivity index is 2.54. The van der Waals surface area contributed by atoms with Crippen molar-refractivity contribution < 1.29 is 24.0 Å². The molecule has 24 heavy (non-hydrogen) atoms. The average molecular weight is 352 g/mol. The van der Waals surface area contributed by atoms with Gasteiger partial charge in [0.2, 0.25) is 0 Å². The van der Waals surface area contributed by atoms with Crippen molar-refractivity contribution in [2.45, 2.75) is 26.4 Å². The number of rotatable bonds is 3. The first-order chi connectivity index (χ1) is 11.1. The Kier molecular flexibility index (Phi) is 4.74. The molecule has 1 amide bonds. The maximum Gasteiger partial charge on any atom is 0.412 e. The highest BCUT2D eigenvalue weighted by Crippen LogP contribution is 2.38. The Bertz CT molecular complexity index is 821. The first-order valence-electron chi connectivity index (χ1n) is 6.91. The summed E-state index contributed by atoms with van der Waals surface area (Å²) in [6.07, 6.45) is -0.765. The second-order valence-corrected chi connectivity index (χ2v) is 6.91. The third kappa shape index (κ3) is 3.80. The highest BCUT2D eigenvalue weighted by molar-refractivity contribution is 7.21. The SMILES string of the molecule is COC(=O)c1sc2ccc([N+](=O)[O-])cc2c1NC(=O)OC(C)(C)C. The highest BCUT2D eigenvalue weighted by Gasteiger charge is 2.24. The van der Waals surface area contributed by atoms with Crippen molar-refractivity contribution in [1.29, 1.82) is 0 Å². The third-order valence-electron chi connectivity index (χ3n) is 2.88. The van der Waals surface area contributed by atoms with Gasteiger partial charge in [-0.1, -0.05) is 0 Å². The summed E-state index contributed by atoms with van der Waals surface area (Å²) in [5, 5.41) is 13.8. The Morgan fingerprint density at radius 2 is 1.96 bits per heavy atom. The van der Waals surface area contributed by atoms with Gasteiger partial charge in [-0.3, -0.25) is 15.4 Å². The first-order valence-corrected chi connectivity index (χ1v) is 7.73. The van der Waals surface area contributed by atoms with Crippen molar-refractivity contribution in [1.82, 2.24) is 0 Å². The number of nitro benzene ring substituents is 1. The van der Waals surface area contributed by atoms with Crippen LogP contribution >= 0.6 is 11.3 Å². The molecule has 2 aromatic rings. The average Bonchev–Trinajstić information content (AvgIpc) is 2.82. The number of nitrogens with zero attached hydrogens (tertiary/aromatic N) is 1. The zero-order chi connectivity index (χ0) is 18.1. The van der Waals surface area contributed by atoms with Crippen molar-refractivity contribution in [3.8, 4) is 0 Å². The van der Waals surface area contributed by atoms with Gasteiger partial charge in [0.1, 0.15) is 10.5 Å². The molecule has 0 aliphatic rings. The summed E-state index contributed by atoms with van der Waals surface area (Å²) in [4.78, 5) is 34.5. The summed E-state index contributed by atoms with van der Waals surface area (Å²) in [7, 11) is 1.21. The van der Waals surface area contributed by atoms with E-state index < -0.39 is 22.6 Å². The lowest BCUT2D eigenvalue weighted by atomic mass is 10.2. The van der Waals surface area contributed by atoms with E-state index in [2.05, 4.69) is 5.32 Å². The molecule has 1 aromatic heterocycles. The fourth-order valence-corrected chi connectivity index (χ4v) is 3.02. The molecule has 8 nitrogen and oxygen atoms in total. The van der Waals surface area contributed by atoms with Crippen LogP contribution in [-0.2, 0) is 9.47 Å². The van der Waals surface area contributed by atoms with Crippen LogP contribution in [0, 0.1) is 10.1 Å². The quantitative estimate of drug-likeness (QED) is 0.509. The van der Waals surface area contributed by atoms with Crippen molar-refractivity contribution in [3.63, 3.8) is 0 Å². The van der Waals surface area contributed by atoms with Crippen LogP contribution < -0.4 is 5.32 Å². The molecule has 0 saturated carbocycles. The second kappa shape index (κ2) is 6.44. The van der Waals surface area contributed by atoms with Crippen molar-refractivity contribution >= 4 is 44.9 Å². The zero-order valence-electron chi connectivity index (χ0n) is 13.5. The molecular weight excluding hydrogens is 336 g/mol. The molecule has 0 fully saturated rings. The Morgan fingerprint density at radius 3 is 2.50 bits per heavy atom. The number of methoxy groups -OCH3 is 1. The second-order valence-electron chi connectivity index (χ2n) is 5.86. The van der Waals surface area contributed by atoms with Crippen LogP contribution in [0.15, 0.2) is 18.2 Å². The van der Waals surface area contributed by atoms with E-state index in [0.29, 0.717) is 10.1 Å². The van der Waals surface area contributed by atoms with Gasteiger partial charge in [0.25, 0.3) is 5.69 Å². The molecule has 1 heterocycles. The molecule has 0 radical (unpaired) electrons. The minimum Gasteiger partial charge on any atom is -0.465 e. The molecular formula is C15H16N2O6S. The minimum absolute atomic E-state index is 0.138. The number of nitro groups is 1. The highest BCUT2D eigenvalue weighted by atomic mass is 32.1. The predicted molar refractivity (Wildman–Crippen MR) is 89.7 cm³/mol. The van der Waals surface area contributed by atoms with E-state index >= 15 is 0 Å². The lowest BCUT2D eigenvalue weighted by Crippen LogP contribution is -2.27. The molecule has 0 atom stereocenters. The first kappa shape index (κ1) is 17.7. The number of benzene rings is 1. The van der Waals surface area contributed by atoms with E-state index in [-0.39, 0.29) is 16.3 Å². The molecule has 2 rings (SSSR count). The van der Waals surface area contributed by atoms with Crippen LogP contribution in [0.25, 0.3) is 10.1 Å². The fourth-order valence-electron chi connectivity index (χ4n) is 1.97. The number of carbonyl (C=O) groups is 2. The number of hydrogen-bond acceptors (Lipinski definition) is 7. The number of esters is 1. The number of ether oxygens (including phenoxy) is 2. The zero-order valence-corrected chi connectivity index (χ0v) is 14.4. The van der Waals surface area contributed by atoms with Gasteiger partial charge in [-0.05, 0) is 26.8 Å². The van der Waals surface area contributed by atoms with Crippen LogP contribution in [0.4, 0.5) is 16.2 Å². The van der Waals surface area contributed by atoms with Crippen LogP contribution in [-0.4, -0.2) is 29.7 Å². The van der Waals surface area contributed by atoms with Gasteiger partial charge in [0, 0.05) is 22.2 Å². The monoisotopic (exact) mass is 352 g/mol. The molecule has 1 aromatic carbocycles. The summed E-state index contributed by atoms with van der Waals surface area (Å²) in [6.45, 7) is 5.10. The van der Waals surface area contributed by atoms with E-state index in [1.807, 2.05) is 0 Å². The lowest BCUT2D eigenvalue weighted by Gasteiger charge is -2.19. The van der Waals surface area contributed by atoms with Crippen molar-refractivity contribution in [2.24, 2.45) is 0 Å². The summed E-state index contributed by atoms with van der Waals surface area (Å²) < 4.78 is 10.5. The van der Waals surface area contributed by atoms with E-state index in [1.54, 1.807) is 20.8 Å². The number of nitrogens with one attached hydrogen (secondary N) is 1. The van der Waals surface area contributed by atoms with Crippen LogP contribution in [0.2, 0.25) is 0 Å². The van der Waals surface area contributed by atoms with E-state index in [1.165, 1.54) is 25.3 Å². The number of amides is 1. The van der Waals surface area contributed by atoms with Crippen molar-refractivity contribution in [3.05, 3.63) is 33.2 Å². The number of carbonyl (C=O) groups excluding carboxylic acids is 2. The van der Waals surface area contributed by atoms with Gasteiger partial charge in [-0.2, -0.15) is 0 Å². The van der Waals surface area contributed by atoms with Crippen LogP contribution in [0.3, 0.4) is 0 Å². The maximum absolute atomic E-state index is 12.0. The molecule has 9 heteroatoms. The Hall–Kier alpha value is -2.68. The Labute approximate surface area is 141 Å². The van der Waals surface area contributed by atoms with E-state index in [9.17, 15) is 19.7 Å². The molecule has 0 saturated heterocycles. The van der Waals surface area contributed by atoms with Gasteiger partial charge in [-0.15, -0.1) is 11.3 Å². The molecule has 0 aliphatic heterocycles. The molecule has 0 aliphatic carbocycles. The third-order valence-corrected chi connectivity index (χ3v) is 4.03. The van der Waals surface area contributed by atoms with Gasteiger partial charge in [-0.25, -0.2) is 9.59 Å². The number of non-ortho nitro benzene ring substituents is 1. The van der Waals surface area contributed by atoms with Gasteiger partial charge in [0.15, 0.2) is 0 Å². The number of hydrogen-bond donors (Lipinski definition) is 1. The number of thiophene rings is 1. The minimum atomic E-state index is -0.765. The lowest BCUT2D eigenvalue weighted by molar-refractivity contribution is -0.384. The topological polar surface area (TPSA) is 108 Å². The number of anilines is 1. The summed E-state index contributed by atoms with van der Waals surface area (Å²) in [5.41, 5.74) is -0.739. The summed E-state index contributed by atoms with van der Waals surface area (Å²) >= 11 is 1.07. The number of fused-ring (bicyclic) bond motifs is 1. The van der Waals surface area contributed by atoms with Crippen LogP contribution in [0.5, 0.6) is 0 Å². The van der Waals surface area contributed by atoms with Gasteiger partial charge >= 0.3 is 12.1 Å². The normalized spacial score (nSPS) is 11.2. The summed E-state index contributed by atoms with van der Waals surface area (Å²) in [6, 6.07) is 4.15. The van der Waals surface area contributed by atoms with Gasteiger partial charge < -0.3 is 9.47 Å². The molecule has 1 N–H and O–H groups in total. The Morgan fingerprint density at radius 1 is 1.29 bits per heavy atom. The van der Waals surface area contributed by atoms with E-state index in [0.717, 1.165) is 11.3 Å². The standard InChI is InChI=1S/C15H16N2O6S/c1-15(2,3)23-14(19)16-11-9-7-8(17(20)21)5-6-10(9)24-12(11)13(18)22-4/h5-7H,1-4H3,(H,16,19). The van der Waals surface area contributed by atoms with Crippen molar-refractivity contribution in [2.75, 3.05) is 12.4 Å². The van der Waals surface area contributed by atoms with Gasteiger partial charge in [0.05, 0.1) is 17.7 Å². The fraction of sp³-hybridized carbons (Fsp3) is 0.333. The largest absolute Gasteiger partial charge is 0.465 e. The summed E-state index contributed by atoms with van der Waals surface area (Å²) in [5.74, 6) is -0.648. The van der Waals surface area contributed by atoms with Crippen LogP contribution in [0.1, 0.15) is 30.4 Å². The molecule has 0 bridgehead atoms. The maximum atomic E-state index is 12.0.